The molecule has 0 spiro atoms. The molecular formula is C10H9NO2. The second-order valence-corrected chi connectivity index (χ2v) is 2.58. The third-order valence-electron chi connectivity index (χ3n) is 1.73. The lowest BCUT2D eigenvalue weighted by atomic mass is 10.1. The van der Waals surface area contributed by atoms with Crippen molar-refractivity contribution < 1.29 is 9.53 Å². The van der Waals surface area contributed by atoms with Crippen LogP contribution in [0.15, 0.2) is 18.2 Å². The predicted molar refractivity (Wildman–Crippen MR) is 47.7 cm³/mol. The van der Waals surface area contributed by atoms with Crippen LogP contribution in [0.25, 0.3) is 0 Å². The van der Waals surface area contributed by atoms with Crippen molar-refractivity contribution in [3.63, 3.8) is 0 Å². The van der Waals surface area contributed by atoms with E-state index >= 15 is 0 Å². The average Bonchev–Trinajstić information content (AvgIpc) is 2.16. The molecule has 0 unspecified atom stereocenters. The van der Waals surface area contributed by atoms with Gasteiger partial charge in [0.2, 0.25) is 0 Å². The van der Waals surface area contributed by atoms with Gasteiger partial charge in [-0.15, -0.1) is 0 Å². The van der Waals surface area contributed by atoms with E-state index in [1.54, 1.807) is 18.2 Å². The molecule has 0 N–H and O–H groups in total. The largest absolute Gasteiger partial charge is 0.495 e. The van der Waals surface area contributed by atoms with Gasteiger partial charge in [0.1, 0.15) is 11.8 Å². The number of carbonyl (C=O) groups excluding carboxylic acids is 1. The minimum atomic E-state index is -0.0391. The van der Waals surface area contributed by atoms with Crippen molar-refractivity contribution in [3.8, 4) is 11.8 Å². The first-order chi connectivity index (χ1) is 6.19. The van der Waals surface area contributed by atoms with E-state index in [1.165, 1.54) is 14.0 Å². The van der Waals surface area contributed by atoms with Crippen molar-refractivity contribution in [2.24, 2.45) is 0 Å². The summed E-state index contributed by atoms with van der Waals surface area (Å²) in [5.74, 6) is 0.401. The van der Waals surface area contributed by atoms with Gasteiger partial charge < -0.3 is 4.74 Å². The smallest absolute Gasteiger partial charge is 0.159 e. The minimum absolute atomic E-state index is 0.0391. The minimum Gasteiger partial charge on any atom is -0.495 e. The van der Waals surface area contributed by atoms with Gasteiger partial charge in [-0.25, -0.2) is 0 Å². The van der Waals surface area contributed by atoms with Crippen molar-refractivity contribution in [3.05, 3.63) is 29.3 Å². The molecule has 0 bridgehead atoms. The molecule has 0 aromatic heterocycles. The van der Waals surface area contributed by atoms with E-state index in [4.69, 9.17) is 10.00 Å². The van der Waals surface area contributed by atoms with Crippen LogP contribution in [-0.2, 0) is 0 Å². The van der Waals surface area contributed by atoms with Gasteiger partial charge >= 0.3 is 0 Å². The fourth-order valence-electron chi connectivity index (χ4n) is 1.00. The molecule has 0 heterocycles. The number of carbonyl (C=O) groups is 1. The van der Waals surface area contributed by atoms with Gasteiger partial charge in [0, 0.05) is 5.56 Å². The molecule has 0 radical (unpaired) electrons. The number of nitriles is 1. The predicted octanol–water partition coefficient (Wildman–Crippen LogP) is 1.77. The van der Waals surface area contributed by atoms with E-state index in [0.29, 0.717) is 16.9 Å². The first-order valence-corrected chi connectivity index (χ1v) is 3.78. The maximum atomic E-state index is 11.0. The van der Waals surface area contributed by atoms with E-state index < -0.39 is 0 Å². The maximum Gasteiger partial charge on any atom is 0.159 e. The molecular weight excluding hydrogens is 166 g/mol. The monoisotopic (exact) mass is 175 g/mol. The number of Topliss-reactive ketones (excluding diaryl/α,β-unsaturated/α-hetero) is 1. The number of rotatable bonds is 2. The van der Waals surface area contributed by atoms with Crippen LogP contribution in [0.1, 0.15) is 22.8 Å². The number of ketones is 1. The summed E-state index contributed by atoms with van der Waals surface area (Å²) in [6.07, 6.45) is 0. The number of hydrogen-bond donors (Lipinski definition) is 0. The lowest BCUT2D eigenvalue weighted by Gasteiger charge is -2.03. The van der Waals surface area contributed by atoms with Crippen LogP contribution in [0.4, 0.5) is 0 Å². The standard InChI is InChI=1S/C10H9NO2/c1-7(12)8-3-4-9(6-11)10(5-8)13-2/h3-5H,1-2H3. The van der Waals surface area contributed by atoms with Gasteiger partial charge in [0.25, 0.3) is 0 Å². The summed E-state index contributed by atoms with van der Waals surface area (Å²) >= 11 is 0. The van der Waals surface area contributed by atoms with Crippen LogP contribution in [0.3, 0.4) is 0 Å². The highest BCUT2D eigenvalue weighted by atomic mass is 16.5. The average molecular weight is 175 g/mol. The molecule has 0 aliphatic rings. The molecule has 3 heteroatoms. The molecule has 3 nitrogen and oxygen atoms in total. The molecule has 0 aliphatic carbocycles. The second-order valence-electron chi connectivity index (χ2n) is 2.58. The molecule has 1 aromatic rings. The second kappa shape index (κ2) is 3.72. The molecule has 0 amide bonds. The zero-order chi connectivity index (χ0) is 9.84. The molecule has 0 fully saturated rings. The van der Waals surface area contributed by atoms with E-state index in [9.17, 15) is 4.79 Å². The highest BCUT2D eigenvalue weighted by Crippen LogP contribution is 2.19. The Hall–Kier alpha value is -1.82. The highest BCUT2D eigenvalue weighted by molar-refractivity contribution is 5.94. The SMILES string of the molecule is COc1cc(C(C)=O)ccc1C#N. The normalized spacial score (nSPS) is 9.00. The fraction of sp³-hybridized carbons (Fsp3) is 0.200. The summed E-state index contributed by atoms with van der Waals surface area (Å²) in [5.41, 5.74) is 0.989. The quantitative estimate of drug-likeness (QED) is 0.643. The summed E-state index contributed by atoms with van der Waals surface area (Å²) in [5, 5.41) is 8.66. The van der Waals surface area contributed by atoms with Crippen molar-refractivity contribution in [2.75, 3.05) is 7.11 Å². The Labute approximate surface area is 76.6 Å². The molecule has 0 aliphatic heterocycles. The first kappa shape index (κ1) is 9.27. The van der Waals surface area contributed by atoms with Crippen LogP contribution in [0, 0.1) is 11.3 Å². The molecule has 66 valence electrons. The van der Waals surface area contributed by atoms with Crippen molar-refractivity contribution in [1.29, 1.82) is 5.26 Å². The lowest BCUT2D eigenvalue weighted by Crippen LogP contribution is -1.95. The zero-order valence-electron chi connectivity index (χ0n) is 7.50. The van der Waals surface area contributed by atoms with Gasteiger partial charge in [-0.1, -0.05) is 0 Å². The van der Waals surface area contributed by atoms with Crippen LogP contribution in [0.2, 0.25) is 0 Å². The zero-order valence-corrected chi connectivity index (χ0v) is 7.50. The molecule has 1 rings (SSSR count). The summed E-state index contributed by atoms with van der Waals surface area (Å²) < 4.78 is 4.95. The van der Waals surface area contributed by atoms with Crippen LogP contribution in [-0.4, -0.2) is 12.9 Å². The Morgan fingerprint density at radius 3 is 2.69 bits per heavy atom. The van der Waals surface area contributed by atoms with E-state index in [1.807, 2.05) is 6.07 Å². The Kier molecular flexibility index (Phi) is 2.65. The Morgan fingerprint density at radius 1 is 1.54 bits per heavy atom. The third kappa shape index (κ3) is 1.85. The van der Waals surface area contributed by atoms with Gasteiger partial charge in [0.15, 0.2) is 5.78 Å². The van der Waals surface area contributed by atoms with Crippen LogP contribution in [0.5, 0.6) is 5.75 Å². The molecule has 1 aromatic carbocycles. The molecule has 0 saturated heterocycles. The van der Waals surface area contributed by atoms with E-state index in [-0.39, 0.29) is 5.78 Å². The van der Waals surface area contributed by atoms with Crippen LogP contribution >= 0.6 is 0 Å². The Bertz CT molecular complexity index is 377. The third-order valence-corrected chi connectivity index (χ3v) is 1.73. The Morgan fingerprint density at radius 2 is 2.23 bits per heavy atom. The molecule has 0 saturated carbocycles. The van der Waals surface area contributed by atoms with Gasteiger partial charge in [-0.2, -0.15) is 5.26 Å². The Balaban J connectivity index is 3.23. The van der Waals surface area contributed by atoms with Crippen molar-refractivity contribution >= 4 is 5.78 Å². The number of ether oxygens (including phenoxy) is 1. The number of benzene rings is 1. The number of nitrogens with zero attached hydrogens (tertiary/aromatic N) is 1. The lowest BCUT2D eigenvalue weighted by molar-refractivity contribution is 0.101. The molecule has 13 heavy (non-hydrogen) atoms. The van der Waals surface area contributed by atoms with Gasteiger partial charge in [-0.3, -0.25) is 4.79 Å². The summed E-state index contributed by atoms with van der Waals surface area (Å²) in [6, 6.07) is 6.74. The number of hydrogen-bond acceptors (Lipinski definition) is 3. The first-order valence-electron chi connectivity index (χ1n) is 3.78. The maximum absolute atomic E-state index is 11.0. The summed E-state index contributed by atoms with van der Waals surface area (Å²) in [7, 11) is 1.47. The summed E-state index contributed by atoms with van der Waals surface area (Å²) in [6.45, 7) is 1.47. The van der Waals surface area contributed by atoms with Gasteiger partial charge in [-0.05, 0) is 25.1 Å². The molecule has 0 atom stereocenters. The van der Waals surface area contributed by atoms with Gasteiger partial charge in [0.05, 0.1) is 12.7 Å². The van der Waals surface area contributed by atoms with Crippen LogP contribution < -0.4 is 4.74 Å². The van der Waals surface area contributed by atoms with E-state index in [0.717, 1.165) is 0 Å². The highest BCUT2D eigenvalue weighted by Gasteiger charge is 2.05. The topological polar surface area (TPSA) is 50.1 Å². The fourth-order valence-corrected chi connectivity index (χ4v) is 1.00. The van der Waals surface area contributed by atoms with E-state index in [2.05, 4.69) is 0 Å². The number of methoxy groups -OCH3 is 1. The van der Waals surface area contributed by atoms with Crippen molar-refractivity contribution in [2.45, 2.75) is 6.92 Å². The van der Waals surface area contributed by atoms with Crippen molar-refractivity contribution in [1.82, 2.24) is 0 Å². The summed E-state index contributed by atoms with van der Waals surface area (Å²) in [4.78, 5) is 11.0.